The lowest BCUT2D eigenvalue weighted by molar-refractivity contribution is 0.234. The molecule has 0 amide bonds. The standard InChI is InChI=1S/C14H18O/c1-10(2)11-5-6-13-12(9-11)14(3,4)7-8-15-13/h5-6,9H,1,7-8H2,2-4H3. The monoisotopic (exact) mass is 202 g/mol. The summed E-state index contributed by atoms with van der Waals surface area (Å²) in [4.78, 5) is 0. The van der Waals surface area contributed by atoms with Crippen molar-refractivity contribution in [2.45, 2.75) is 32.6 Å². The zero-order valence-corrected chi connectivity index (χ0v) is 9.76. The Balaban J connectivity index is 2.53. The quantitative estimate of drug-likeness (QED) is 0.673. The van der Waals surface area contributed by atoms with E-state index >= 15 is 0 Å². The first-order chi connectivity index (χ1) is 7.00. The van der Waals surface area contributed by atoms with E-state index < -0.39 is 0 Å². The molecule has 0 saturated carbocycles. The van der Waals surface area contributed by atoms with Crippen LogP contribution < -0.4 is 4.74 Å². The average Bonchev–Trinajstić information content (AvgIpc) is 2.17. The van der Waals surface area contributed by atoms with Gasteiger partial charge >= 0.3 is 0 Å². The molecule has 1 nitrogen and oxygen atoms in total. The molecule has 1 aromatic carbocycles. The fraction of sp³-hybridized carbons (Fsp3) is 0.429. The van der Waals surface area contributed by atoms with Crippen LogP contribution in [0, 0.1) is 0 Å². The Labute approximate surface area is 91.8 Å². The summed E-state index contributed by atoms with van der Waals surface area (Å²) in [5, 5.41) is 0. The first-order valence-electron chi connectivity index (χ1n) is 5.44. The molecule has 80 valence electrons. The van der Waals surface area contributed by atoms with E-state index in [0.717, 1.165) is 24.4 Å². The molecule has 1 aliphatic heterocycles. The molecular weight excluding hydrogens is 184 g/mol. The predicted molar refractivity (Wildman–Crippen MR) is 64.3 cm³/mol. The van der Waals surface area contributed by atoms with E-state index in [-0.39, 0.29) is 5.41 Å². The normalized spacial score (nSPS) is 17.8. The maximum atomic E-state index is 5.66. The summed E-state index contributed by atoms with van der Waals surface area (Å²) in [6.45, 7) is 11.4. The van der Waals surface area contributed by atoms with Gasteiger partial charge in [-0.2, -0.15) is 0 Å². The summed E-state index contributed by atoms with van der Waals surface area (Å²) in [5.74, 6) is 1.04. The predicted octanol–water partition coefficient (Wildman–Crippen LogP) is 3.78. The largest absolute Gasteiger partial charge is 0.493 e. The molecule has 1 aromatic rings. The number of hydrogen-bond acceptors (Lipinski definition) is 1. The van der Waals surface area contributed by atoms with Crippen LogP contribution in [0.3, 0.4) is 0 Å². The van der Waals surface area contributed by atoms with Crippen molar-refractivity contribution in [3.63, 3.8) is 0 Å². The van der Waals surface area contributed by atoms with Crippen molar-refractivity contribution in [2.24, 2.45) is 0 Å². The molecule has 0 atom stereocenters. The molecule has 0 fully saturated rings. The Morgan fingerprint density at radius 3 is 2.80 bits per heavy atom. The van der Waals surface area contributed by atoms with Crippen molar-refractivity contribution >= 4 is 5.57 Å². The van der Waals surface area contributed by atoms with Gasteiger partial charge < -0.3 is 4.74 Å². The van der Waals surface area contributed by atoms with E-state index in [4.69, 9.17) is 4.74 Å². The minimum absolute atomic E-state index is 0.221. The van der Waals surface area contributed by atoms with E-state index in [1.165, 1.54) is 11.1 Å². The second-order valence-corrected chi connectivity index (χ2v) is 4.97. The highest BCUT2D eigenvalue weighted by molar-refractivity contribution is 5.64. The van der Waals surface area contributed by atoms with Gasteiger partial charge in [-0.15, -0.1) is 0 Å². The molecule has 0 spiro atoms. The Hall–Kier alpha value is -1.24. The number of fused-ring (bicyclic) bond motifs is 1. The molecule has 0 aromatic heterocycles. The second-order valence-electron chi connectivity index (χ2n) is 4.97. The van der Waals surface area contributed by atoms with E-state index in [1.807, 2.05) is 6.92 Å². The Morgan fingerprint density at radius 1 is 1.40 bits per heavy atom. The van der Waals surface area contributed by atoms with Gasteiger partial charge in [0, 0.05) is 5.56 Å². The zero-order chi connectivity index (χ0) is 11.1. The molecule has 0 unspecified atom stereocenters. The highest BCUT2D eigenvalue weighted by Gasteiger charge is 2.28. The van der Waals surface area contributed by atoms with Crippen LogP contribution in [0.4, 0.5) is 0 Å². The molecule has 0 saturated heterocycles. The van der Waals surface area contributed by atoms with Gasteiger partial charge in [-0.05, 0) is 36.5 Å². The maximum Gasteiger partial charge on any atom is 0.123 e. The van der Waals surface area contributed by atoms with Crippen LogP contribution in [0.2, 0.25) is 0 Å². The molecule has 15 heavy (non-hydrogen) atoms. The van der Waals surface area contributed by atoms with Crippen molar-refractivity contribution in [1.82, 2.24) is 0 Å². The van der Waals surface area contributed by atoms with E-state index in [2.05, 4.69) is 38.6 Å². The van der Waals surface area contributed by atoms with Crippen LogP contribution in [0.5, 0.6) is 5.75 Å². The highest BCUT2D eigenvalue weighted by atomic mass is 16.5. The Morgan fingerprint density at radius 2 is 2.13 bits per heavy atom. The van der Waals surface area contributed by atoms with E-state index in [0.29, 0.717) is 0 Å². The van der Waals surface area contributed by atoms with Crippen LogP contribution in [0.1, 0.15) is 38.3 Å². The van der Waals surface area contributed by atoms with E-state index in [9.17, 15) is 0 Å². The summed E-state index contributed by atoms with van der Waals surface area (Å²) < 4.78 is 5.66. The van der Waals surface area contributed by atoms with Gasteiger partial charge in [0.25, 0.3) is 0 Å². The van der Waals surface area contributed by atoms with Crippen molar-refractivity contribution in [1.29, 1.82) is 0 Å². The van der Waals surface area contributed by atoms with Gasteiger partial charge in [0.05, 0.1) is 6.61 Å². The second kappa shape index (κ2) is 3.41. The number of hydrogen-bond donors (Lipinski definition) is 0. The van der Waals surface area contributed by atoms with Crippen molar-refractivity contribution in [2.75, 3.05) is 6.61 Å². The summed E-state index contributed by atoms with van der Waals surface area (Å²) >= 11 is 0. The van der Waals surface area contributed by atoms with Gasteiger partial charge in [-0.3, -0.25) is 0 Å². The lowest BCUT2D eigenvalue weighted by Gasteiger charge is -2.32. The molecule has 1 heterocycles. The van der Waals surface area contributed by atoms with Gasteiger partial charge in [0.2, 0.25) is 0 Å². The van der Waals surface area contributed by atoms with Gasteiger partial charge in [-0.1, -0.05) is 32.1 Å². The average molecular weight is 202 g/mol. The number of allylic oxidation sites excluding steroid dienone is 1. The van der Waals surface area contributed by atoms with Crippen LogP contribution in [0.25, 0.3) is 5.57 Å². The third-order valence-corrected chi connectivity index (χ3v) is 3.19. The smallest absolute Gasteiger partial charge is 0.123 e. The van der Waals surface area contributed by atoms with Crippen LogP contribution in [0.15, 0.2) is 24.8 Å². The van der Waals surface area contributed by atoms with Crippen LogP contribution in [-0.4, -0.2) is 6.61 Å². The van der Waals surface area contributed by atoms with Gasteiger partial charge in [-0.25, -0.2) is 0 Å². The highest BCUT2D eigenvalue weighted by Crippen LogP contribution is 2.39. The summed E-state index contributed by atoms with van der Waals surface area (Å²) in [5.41, 5.74) is 3.86. The van der Waals surface area contributed by atoms with Gasteiger partial charge in [0.1, 0.15) is 5.75 Å². The summed E-state index contributed by atoms with van der Waals surface area (Å²) in [6.07, 6.45) is 1.08. The minimum Gasteiger partial charge on any atom is -0.493 e. The lowest BCUT2D eigenvalue weighted by atomic mass is 9.79. The molecule has 1 heteroatoms. The number of rotatable bonds is 1. The SMILES string of the molecule is C=C(C)c1ccc2c(c1)C(C)(C)CCO2. The fourth-order valence-corrected chi connectivity index (χ4v) is 2.00. The molecule has 0 N–H and O–H groups in total. The van der Waals surface area contributed by atoms with Crippen LogP contribution >= 0.6 is 0 Å². The number of benzene rings is 1. The first kappa shape index (κ1) is 10.3. The lowest BCUT2D eigenvalue weighted by Crippen LogP contribution is -2.26. The van der Waals surface area contributed by atoms with Gasteiger partial charge in [0.15, 0.2) is 0 Å². The summed E-state index contributed by atoms with van der Waals surface area (Å²) in [7, 11) is 0. The molecule has 0 radical (unpaired) electrons. The van der Waals surface area contributed by atoms with Crippen molar-refractivity contribution < 1.29 is 4.74 Å². The molecule has 2 rings (SSSR count). The minimum atomic E-state index is 0.221. The fourth-order valence-electron chi connectivity index (χ4n) is 2.00. The third-order valence-electron chi connectivity index (χ3n) is 3.19. The molecule has 0 aliphatic carbocycles. The number of ether oxygens (including phenoxy) is 1. The van der Waals surface area contributed by atoms with E-state index in [1.54, 1.807) is 0 Å². The Kier molecular flexibility index (Phi) is 2.34. The van der Waals surface area contributed by atoms with Crippen molar-refractivity contribution in [3.05, 3.63) is 35.9 Å². The molecular formula is C14H18O. The third kappa shape index (κ3) is 1.79. The first-order valence-corrected chi connectivity index (χ1v) is 5.44. The topological polar surface area (TPSA) is 9.23 Å². The Bertz CT molecular complexity index is 402. The zero-order valence-electron chi connectivity index (χ0n) is 9.76. The summed E-state index contributed by atoms with van der Waals surface area (Å²) in [6, 6.07) is 6.37. The molecule has 1 aliphatic rings. The maximum absolute atomic E-state index is 5.66. The molecule has 0 bridgehead atoms. The van der Waals surface area contributed by atoms with Crippen LogP contribution in [-0.2, 0) is 5.41 Å². The van der Waals surface area contributed by atoms with Crippen molar-refractivity contribution in [3.8, 4) is 5.75 Å².